The molecule has 0 aliphatic carbocycles. The maximum absolute atomic E-state index is 12.4. The maximum atomic E-state index is 12.4. The number of thiophene rings is 1. The van der Waals surface area contributed by atoms with Crippen LogP contribution in [0.1, 0.15) is 33.1 Å². The minimum atomic E-state index is -0.551. The number of ketones is 1. The molecule has 0 N–H and O–H groups in total. The summed E-state index contributed by atoms with van der Waals surface area (Å²) in [6.45, 7) is 1.69. The van der Waals surface area contributed by atoms with Crippen LogP contribution in [-0.2, 0) is 4.74 Å². The van der Waals surface area contributed by atoms with Crippen LogP contribution in [-0.4, -0.2) is 48.6 Å². The van der Waals surface area contributed by atoms with Gasteiger partial charge in [-0.3, -0.25) is 4.79 Å². The third kappa shape index (κ3) is 2.75. The van der Waals surface area contributed by atoms with Crippen LogP contribution >= 0.6 is 11.3 Å². The Balaban J connectivity index is 1.88. The van der Waals surface area contributed by atoms with Crippen molar-refractivity contribution in [1.29, 1.82) is 0 Å². The Morgan fingerprint density at radius 3 is 2.91 bits per heavy atom. The third-order valence-corrected chi connectivity index (χ3v) is 4.10. The normalized spacial score (nSPS) is 12.1. The van der Waals surface area contributed by atoms with E-state index in [1.807, 2.05) is 0 Å². The molecule has 3 heterocycles. The maximum Gasteiger partial charge on any atom is 0.350 e. The van der Waals surface area contributed by atoms with Crippen LogP contribution in [0.2, 0.25) is 0 Å². The predicted octanol–water partition coefficient (Wildman–Crippen LogP) is 1.15. The summed E-state index contributed by atoms with van der Waals surface area (Å²) in [6.07, 6.45) is 4.29. The van der Waals surface area contributed by atoms with Crippen molar-refractivity contribution in [2.45, 2.75) is 13.0 Å². The van der Waals surface area contributed by atoms with E-state index < -0.39 is 12.0 Å². The van der Waals surface area contributed by atoms with Gasteiger partial charge < -0.3 is 4.74 Å². The van der Waals surface area contributed by atoms with E-state index in [1.165, 1.54) is 46.7 Å². The lowest BCUT2D eigenvalue weighted by atomic mass is 10.2. The van der Waals surface area contributed by atoms with Crippen molar-refractivity contribution in [1.82, 2.24) is 29.8 Å². The SMILES string of the molecule is COC(=O)c1sccc1-n1cc(C(=O)[C@@H](C)n2cncn2)nn1. The number of methoxy groups -OCH3 is 1. The smallest absolute Gasteiger partial charge is 0.350 e. The van der Waals surface area contributed by atoms with Crippen molar-refractivity contribution in [3.63, 3.8) is 0 Å². The Labute approximate surface area is 134 Å². The lowest BCUT2D eigenvalue weighted by molar-refractivity contribution is 0.0606. The molecule has 3 rings (SSSR count). The van der Waals surface area contributed by atoms with Crippen LogP contribution in [0, 0.1) is 0 Å². The zero-order chi connectivity index (χ0) is 16.4. The van der Waals surface area contributed by atoms with E-state index in [0.29, 0.717) is 10.6 Å². The summed E-state index contributed by atoms with van der Waals surface area (Å²) in [5.74, 6) is -0.717. The molecular weight excluding hydrogens is 320 g/mol. The molecule has 23 heavy (non-hydrogen) atoms. The van der Waals surface area contributed by atoms with Crippen molar-refractivity contribution in [2.75, 3.05) is 7.11 Å². The quantitative estimate of drug-likeness (QED) is 0.510. The number of Topliss-reactive ketones (excluding diaryl/α,β-unsaturated/α-hetero) is 1. The zero-order valence-corrected chi connectivity index (χ0v) is 13.1. The van der Waals surface area contributed by atoms with Gasteiger partial charge in [-0.2, -0.15) is 5.10 Å². The number of esters is 1. The Hall–Kier alpha value is -2.88. The second kappa shape index (κ2) is 6.08. The fourth-order valence-electron chi connectivity index (χ4n) is 1.97. The zero-order valence-electron chi connectivity index (χ0n) is 12.3. The molecule has 0 fully saturated rings. The molecule has 0 aromatic carbocycles. The summed E-state index contributed by atoms with van der Waals surface area (Å²) in [6, 6.07) is 1.16. The molecule has 9 nitrogen and oxygen atoms in total. The number of aromatic nitrogens is 6. The molecule has 0 unspecified atom stereocenters. The van der Waals surface area contributed by atoms with Gasteiger partial charge in [0.2, 0.25) is 5.78 Å². The van der Waals surface area contributed by atoms with Crippen LogP contribution in [0.5, 0.6) is 0 Å². The second-order valence-corrected chi connectivity index (χ2v) is 5.51. The Kier molecular flexibility index (Phi) is 3.98. The molecule has 0 aliphatic rings. The Morgan fingerprint density at radius 2 is 2.22 bits per heavy atom. The van der Waals surface area contributed by atoms with E-state index in [2.05, 4.69) is 20.4 Å². The summed E-state index contributed by atoms with van der Waals surface area (Å²) < 4.78 is 7.54. The highest BCUT2D eigenvalue weighted by atomic mass is 32.1. The Bertz CT molecular complexity index is 838. The van der Waals surface area contributed by atoms with Crippen LogP contribution in [0.3, 0.4) is 0 Å². The summed E-state index contributed by atoms with van der Waals surface area (Å²) in [5, 5.41) is 13.5. The van der Waals surface area contributed by atoms with Crippen molar-refractivity contribution < 1.29 is 14.3 Å². The summed E-state index contributed by atoms with van der Waals surface area (Å²) in [4.78, 5) is 28.3. The molecule has 0 saturated heterocycles. The summed E-state index contributed by atoms with van der Waals surface area (Å²) in [7, 11) is 1.31. The number of carbonyl (C=O) groups excluding carboxylic acids is 2. The molecule has 3 aromatic heterocycles. The molecule has 0 bridgehead atoms. The first kappa shape index (κ1) is 15.0. The van der Waals surface area contributed by atoms with Crippen LogP contribution < -0.4 is 0 Å². The van der Waals surface area contributed by atoms with Crippen molar-refractivity contribution in [3.05, 3.63) is 40.9 Å². The standard InChI is InChI=1S/C13H12N6O3S/c1-8(19-7-14-6-15-19)11(20)9-5-18(17-16-9)10-3-4-23-12(10)13(21)22-2/h3-8H,1-2H3/t8-/m1/s1. The highest BCUT2D eigenvalue weighted by Gasteiger charge is 2.22. The molecule has 3 aromatic rings. The minimum Gasteiger partial charge on any atom is -0.465 e. The van der Waals surface area contributed by atoms with E-state index >= 15 is 0 Å². The van der Waals surface area contributed by atoms with Crippen molar-refractivity contribution >= 4 is 23.1 Å². The van der Waals surface area contributed by atoms with Crippen molar-refractivity contribution in [2.24, 2.45) is 0 Å². The van der Waals surface area contributed by atoms with Gasteiger partial charge in [0.1, 0.15) is 23.6 Å². The van der Waals surface area contributed by atoms with E-state index in [-0.39, 0.29) is 11.5 Å². The average Bonchev–Trinajstić information content (AvgIpc) is 3.32. The molecule has 1 atom stereocenters. The van der Waals surface area contributed by atoms with E-state index in [1.54, 1.807) is 18.4 Å². The number of nitrogens with zero attached hydrogens (tertiary/aromatic N) is 6. The van der Waals surface area contributed by atoms with E-state index in [0.717, 1.165) is 0 Å². The van der Waals surface area contributed by atoms with Crippen molar-refractivity contribution in [3.8, 4) is 5.69 Å². The van der Waals surface area contributed by atoms with Gasteiger partial charge in [-0.15, -0.1) is 16.4 Å². The van der Waals surface area contributed by atoms with Crippen LogP contribution in [0.4, 0.5) is 0 Å². The first-order chi connectivity index (χ1) is 11.1. The molecule has 0 spiro atoms. The summed E-state index contributed by atoms with van der Waals surface area (Å²) >= 11 is 1.23. The van der Waals surface area contributed by atoms with Gasteiger partial charge in [-0.25, -0.2) is 19.1 Å². The molecule has 0 aliphatic heterocycles. The first-order valence-corrected chi connectivity index (χ1v) is 7.46. The molecular formula is C13H12N6O3S. The molecule has 0 amide bonds. The number of hydrogen-bond donors (Lipinski definition) is 0. The van der Waals surface area contributed by atoms with Gasteiger partial charge >= 0.3 is 5.97 Å². The summed E-state index contributed by atoms with van der Waals surface area (Å²) in [5.41, 5.74) is 0.692. The number of ether oxygens (including phenoxy) is 1. The minimum absolute atomic E-state index is 0.176. The first-order valence-electron chi connectivity index (χ1n) is 6.58. The number of rotatable bonds is 5. The highest BCUT2D eigenvalue weighted by Crippen LogP contribution is 2.22. The van der Waals surface area contributed by atoms with Gasteiger partial charge in [0.05, 0.1) is 19.0 Å². The average molecular weight is 332 g/mol. The van der Waals surface area contributed by atoms with Gasteiger partial charge in [0, 0.05) is 0 Å². The number of carbonyl (C=O) groups is 2. The monoisotopic (exact) mass is 332 g/mol. The fourth-order valence-corrected chi connectivity index (χ4v) is 2.77. The highest BCUT2D eigenvalue weighted by molar-refractivity contribution is 7.12. The topological polar surface area (TPSA) is 105 Å². The van der Waals surface area contributed by atoms with Gasteiger partial charge in [-0.1, -0.05) is 5.21 Å². The van der Waals surface area contributed by atoms with Gasteiger partial charge in [-0.05, 0) is 18.4 Å². The van der Waals surface area contributed by atoms with Crippen LogP contribution in [0.25, 0.3) is 5.69 Å². The van der Waals surface area contributed by atoms with Gasteiger partial charge in [0.15, 0.2) is 5.69 Å². The fraction of sp³-hybridized carbons (Fsp3) is 0.231. The number of hydrogen-bond acceptors (Lipinski definition) is 8. The molecule has 10 heteroatoms. The van der Waals surface area contributed by atoms with Crippen LogP contribution in [0.15, 0.2) is 30.3 Å². The molecule has 118 valence electrons. The predicted molar refractivity (Wildman–Crippen MR) is 79.6 cm³/mol. The lowest BCUT2D eigenvalue weighted by Crippen LogP contribution is -2.17. The second-order valence-electron chi connectivity index (χ2n) is 4.59. The van der Waals surface area contributed by atoms with E-state index in [9.17, 15) is 9.59 Å². The third-order valence-electron chi connectivity index (χ3n) is 3.22. The molecule has 0 radical (unpaired) electrons. The Morgan fingerprint density at radius 1 is 1.39 bits per heavy atom. The largest absolute Gasteiger partial charge is 0.465 e. The van der Waals surface area contributed by atoms with E-state index in [4.69, 9.17) is 4.74 Å². The molecule has 0 saturated carbocycles. The lowest BCUT2D eigenvalue weighted by Gasteiger charge is -2.07. The van der Waals surface area contributed by atoms with Gasteiger partial charge in [0.25, 0.3) is 0 Å².